The van der Waals surface area contributed by atoms with Crippen LogP contribution in [0.5, 0.6) is 0 Å². The van der Waals surface area contributed by atoms with E-state index in [-0.39, 0.29) is 35.1 Å². The van der Waals surface area contributed by atoms with E-state index in [0.717, 1.165) is 18.2 Å². The van der Waals surface area contributed by atoms with E-state index < -0.39 is 29.4 Å². The van der Waals surface area contributed by atoms with Gasteiger partial charge in [0.15, 0.2) is 5.71 Å². The lowest BCUT2D eigenvalue weighted by molar-refractivity contribution is -0.137. The smallest absolute Gasteiger partial charge is 0.397 e. The molecule has 5 rings (SSSR count). The zero-order valence-electron chi connectivity index (χ0n) is 24.8. The fraction of sp³-hybridized carbons (Fsp3) is 0.161. The molecular weight excluding hydrogens is 622 g/mol. The Hall–Kier alpha value is -6.06. The third-order valence-electron chi connectivity index (χ3n) is 7.12. The maximum absolute atomic E-state index is 13.6. The number of benzene rings is 2. The number of fused-ring (bicyclic) bond motifs is 1. The van der Waals surface area contributed by atoms with Crippen LogP contribution in [0.4, 0.5) is 40.4 Å². The van der Waals surface area contributed by atoms with E-state index >= 15 is 0 Å². The summed E-state index contributed by atoms with van der Waals surface area (Å²) in [6.07, 6.45) is -1.91. The number of anilines is 4. The van der Waals surface area contributed by atoms with E-state index in [0.29, 0.717) is 46.1 Å². The van der Waals surface area contributed by atoms with Crippen molar-refractivity contribution in [2.75, 3.05) is 34.8 Å². The number of aromatic amines is 1. The number of hydrogen-bond donors (Lipinski definition) is 6. The van der Waals surface area contributed by atoms with Crippen molar-refractivity contribution in [3.63, 3.8) is 0 Å². The fourth-order valence-electron chi connectivity index (χ4n) is 4.75. The first kappa shape index (κ1) is 32.3. The van der Waals surface area contributed by atoms with Crippen molar-refractivity contribution in [2.45, 2.75) is 20.0 Å². The van der Waals surface area contributed by atoms with Crippen LogP contribution in [-0.4, -0.2) is 52.7 Å². The lowest BCUT2D eigenvalue weighted by Crippen LogP contribution is -2.29. The van der Waals surface area contributed by atoms with Crippen LogP contribution in [0.2, 0.25) is 0 Å². The molecule has 3 heterocycles. The number of nitrogens with two attached hydrogens (primary N) is 1. The van der Waals surface area contributed by atoms with Crippen molar-refractivity contribution in [3.05, 3.63) is 99.8 Å². The molecule has 12 nitrogen and oxygen atoms in total. The monoisotopic (exact) mass is 649 g/mol. The topological polar surface area (TPSA) is 179 Å². The molecular formula is C31H27F4N9O3. The summed E-state index contributed by atoms with van der Waals surface area (Å²) in [4.78, 5) is 44.9. The summed E-state index contributed by atoms with van der Waals surface area (Å²) < 4.78 is 52.2. The number of halogens is 4. The van der Waals surface area contributed by atoms with Crippen LogP contribution in [0.25, 0.3) is 0 Å². The Morgan fingerprint density at radius 3 is 2.53 bits per heavy atom. The number of nitrogens with zero attached hydrogens (tertiary/aromatic N) is 3. The molecule has 0 saturated carbocycles. The minimum absolute atomic E-state index is 0.0297. The average Bonchev–Trinajstić information content (AvgIpc) is 3.48. The number of pyridine rings is 1. The van der Waals surface area contributed by atoms with Crippen molar-refractivity contribution in [1.29, 1.82) is 0 Å². The highest BCUT2D eigenvalue weighted by atomic mass is 19.4. The number of hydrogen-bond acceptors (Lipinski definition) is 8. The van der Waals surface area contributed by atoms with Gasteiger partial charge in [0.2, 0.25) is 0 Å². The summed E-state index contributed by atoms with van der Waals surface area (Å²) in [5.74, 6) is -1.55. The van der Waals surface area contributed by atoms with E-state index in [9.17, 15) is 31.9 Å². The molecule has 0 radical (unpaired) electrons. The molecule has 0 atom stereocenters. The van der Waals surface area contributed by atoms with Gasteiger partial charge >= 0.3 is 6.18 Å². The first-order valence-electron chi connectivity index (χ1n) is 14.0. The van der Waals surface area contributed by atoms with Crippen molar-refractivity contribution in [1.82, 2.24) is 15.3 Å². The van der Waals surface area contributed by atoms with Crippen molar-refractivity contribution in [3.8, 4) is 0 Å². The number of aryl methyl sites for hydroxylation is 1. The number of aromatic nitrogens is 2. The first-order valence-corrected chi connectivity index (χ1v) is 14.0. The minimum Gasteiger partial charge on any atom is -0.397 e. The Labute approximate surface area is 264 Å². The van der Waals surface area contributed by atoms with Crippen LogP contribution in [0, 0.1) is 19.7 Å². The van der Waals surface area contributed by atoms with E-state index in [2.05, 4.69) is 41.4 Å². The second kappa shape index (κ2) is 13.1. The van der Waals surface area contributed by atoms with E-state index in [1.807, 2.05) is 0 Å². The van der Waals surface area contributed by atoms with E-state index in [1.165, 1.54) is 42.7 Å². The molecule has 4 aromatic rings. The molecule has 2 aromatic carbocycles. The molecule has 16 heteroatoms. The number of rotatable bonds is 9. The van der Waals surface area contributed by atoms with Gasteiger partial charge in [-0.1, -0.05) is 0 Å². The second-order valence-corrected chi connectivity index (χ2v) is 10.4. The molecule has 7 N–H and O–H groups in total. The van der Waals surface area contributed by atoms with Crippen LogP contribution >= 0.6 is 0 Å². The Morgan fingerprint density at radius 1 is 1.04 bits per heavy atom. The average molecular weight is 650 g/mol. The fourth-order valence-corrected chi connectivity index (χ4v) is 4.75. The Kier molecular flexibility index (Phi) is 9.03. The van der Waals surface area contributed by atoms with Crippen molar-refractivity contribution < 1.29 is 31.9 Å². The summed E-state index contributed by atoms with van der Waals surface area (Å²) in [7, 11) is 0. The van der Waals surface area contributed by atoms with Crippen LogP contribution in [0.1, 0.15) is 48.8 Å². The van der Waals surface area contributed by atoms with Crippen LogP contribution in [0.15, 0.2) is 64.9 Å². The minimum atomic E-state index is -4.56. The van der Waals surface area contributed by atoms with Crippen molar-refractivity contribution in [2.24, 2.45) is 10.2 Å². The van der Waals surface area contributed by atoms with Gasteiger partial charge in [0.25, 0.3) is 17.7 Å². The number of nitrogen functional groups attached to an aromatic ring is 1. The Morgan fingerprint density at radius 2 is 1.83 bits per heavy atom. The summed E-state index contributed by atoms with van der Waals surface area (Å²) in [5, 5.41) is 18.8. The number of amides is 3. The normalized spacial score (nSPS) is 13.5. The number of carbonyl (C=O) groups excluding carboxylic acids is 3. The molecule has 1 aliphatic heterocycles. The van der Waals surface area contributed by atoms with Crippen LogP contribution in [0.3, 0.4) is 0 Å². The van der Waals surface area contributed by atoms with Gasteiger partial charge in [0, 0.05) is 30.5 Å². The highest BCUT2D eigenvalue weighted by molar-refractivity contribution is 6.53. The van der Waals surface area contributed by atoms with Crippen molar-refractivity contribution >= 4 is 52.5 Å². The molecule has 0 aliphatic carbocycles. The standard InChI is InChI=1S/C31H27F4N9O3/c1-15-24(14-40-44-27-20-12-19(32)5-7-22(20)42-30(27)47)41-16(2)26(15)29(46)38-10-9-37-25-8-3-17(13-39-25)28(45)43-23-6-4-18(11-21(23)36)31(33,34)35/h3-8,11-14,41H,9-10,36H2,1-2H3,(H,37,39)(H,38,46)(H,43,45)(H,42,44,47)/b40-14+. The van der Waals surface area contributed by atoms with E-state index in [1.54, 1.807) is 13.8 Å². The number of alkyl halides is 3. The quantitative estimate of drug-likeness (QED) is 0.0506. The zero-order valence-corrected chi connectivity index (χ0v) is 24.8. The number of nitrogens with one attached hydrogen (secondary N) is 5. The first-order chi connectivity index (χ1) is 22.3. The summed E-state index contributed by atoms with van der Waals surface area (Å²) in [5.41, 5.74) is 7.51. The summed E-state index contributed by atoms with van der Waals surface area (Å²) in [6, 6.07) is 9.51. The maximum atomic E-state index is 13.6. The molecule has 3 amide bonds. The Bertz CT molecular complexity index is 1930. The third kappa shape index (κ3) is 7.27. The van der Waals surface area contributed by atoms with Gasteiger partial charge in [-0.05, 0) is 67.9 Å². The molecule has 0 saturated heterocycles. The number of H-pyrrole nitrogens is 1. The van der Waals surface area contributed by atoms with Crippen LogP contribution in [-0.2, 0) is 11.0 Å². The molecule has 47 heavy (non-hydrogen) atoms. The van der Waals surface area contributed by atoms with Gasteiger partial charge in [-0.2, -0.15) is 18.3 Å². The van der Waals surface area contributed by atoms with E-state index in [4.69, 9.17) is 5.73 Å². The van der Waals surface area contributed by atoms with Gasteiger partial charge in [0.1, 0.15) is 11.6 Å². The molecule has 0 spiro atoms. The van der Waals surface area contributed by atoms with Gasteiger partial charge in [-0.15, -0.1) is 5.10 Å². The molecule has 0 fully saturated rings. The molecule has 0 bridgehead atoms. The van der Waals surface area contributed by atoms with Crippen LogP contribution < -0.4 is 27.0 Å². The maximum Gasteiger partial charge on any atom is 0.416 e. The molecule has 242 valence electrons. The highest BCUT2D eigenvalue weighted by Gasteiger charge is 2.31. The summed E-state index contributed by atoms with van der Waals surface area (Å²) in [6.45, 7) is 3.97. The predicted octanol–water partition coefficient (Wildman–Crippen LogP) is 4.64. The third-order valence-corrected chi connectivity index (χ3v) is 7.12. The SMILES string of the molecule is Cc1[nH]c(/C=N/N=C2\C(=O)Nc3ccc(F)cc32)c(C)c1C(=O)NCCNc1ccc(C(=O)Nc2ccc(C(F)(F)F)cc2N)cn1. The van der Waals surface area contributed by atoms with Gasteiger partial charge in [0.05, 0.1) is 45.7 Å². The molecule has 1 aliphatic rings. The number of carbonyl (C=O) groups is 3. The predicted molar refractivity (Wildman–Crippen MR) is 168 cm³/mol. The van der Waals surface area contributed by atoms with Gasteiger partial charge < -0.3 is 32.0 Å². The van der Waals surface area contributed by atoms with Gasteiger partial charge in [-0.25, -0.2) is 9.37 Å². The summed E-state index contributed by atoms with van der Waals surface area (Å²) >= 11 is 0. The molecule has 2 aromatic heterocycles. The van der Waals surface area contributed by atoms with Gasteiger partial charge in [-0.3, -0.25) is 14.4 Å². The molecule has 0 unspecified atom stereocenters. The lowest BCUT2D eigenvalue weighted by atomic mass is 10.1. The Balaban J connectivity index is 1.12. The second-order valence-electron chi connectivity index (χ2n) is 10.4. The highest BCUT2D eigenvalue weighted by Crippen LogP contribution is 2.33. The zero-order chi connectivity index (χ0) is 33.9. The largest absolute Gasteiger partial charge is 0.416 e. The lowest BCUT2D eigenvalue weighted by Gasteiger charge is -2.12.